The summed E-state index contributed by atoms with van der Waals surface area (Å²) < 4.78 is 0. The molecular formula is C15H17NO2S2. The Morgan fingerprint density at radius 3 is 2.75 bits per heavy atom. The predicted octanol–water partition coefficient (Wildman–Crippen LogP) is 4.43. The molecule has 0 aliphatic heterocycles. The van der Waals surface area contributed by atoms with Crippen molar-refractivity contribution in [3.05, 3.63) is 45.9 Å². The summed E-state index contributed by atoms with van der Waals surface area (Å²) >= 11 is 3.27. The second-order valence-corrected chi connectivity index (χ2v) is 7.49. The second-order valence-electron chi connectivity index (χ2n) is 5.50. The third kappa shape index (κ3) is 3.84. The van der Waals surface area contributed by atoms with Crippen LogP contribution in [0.5, 0.6) is 0 Å². The fourth-order valence-corrected chi connectivity index (χ4v) is 3.58. The van der Waals surface area contributed by atoms with Crippen molar-refractivity contribution in [2.45, 2.75) is 36.8 Å². The summed E-state index contributed by atoms with van der Waals surface area (Å²) in [5, 5.41) is 12.1. The molecule has 1 aromatic heterocycles. The van der Waals surface area contributed by atoms with Gasteiger partial charge in [0.15, 0.2) is 0 Å². The minimum absolute atomic E-state index is 0.0721. The van der Waals surface area contributed by atoms with Crippen LogP contribution in [-0.4, -0.2) is 16.1 Å². The van der Waals surface area contributed by atoms with E-state index in [1.807, 2.05) is 6.07 Å². The maximum absolute atomic E-state index is 10.9. The quantitative estimate of drug-likeness (QED) is 0.849. The number of nitrogens with zero attached hydrogens (tertiary/aromatic N) is 1. The number of benzene rings is 1. The molecule has 1 heterocycles. The van der Waals surface area contributed by atoms with Gasteiger partial charge in [0.25, 0.3) is 0 Å². The van der Waals surface area contributed by atoms with Gasteiger partial charge in [-0.05, 0) is 18.2 Å². The van der Waals surface area contributed by atoms with Gasteiger partial charge in [-0.15, -0.1) is 23.1 Å². The van der Waals surface area contributed by atoms with Crippen molar-refractivity contribution in [1.29, 1.82) is 0 Å². The Balaban J connectivity index is 2.04. The highest BCUT2D eigenvalue weighted by molar-refractivity contribution is 7.98. The Morgan fingerprint density at radius 2 is 2.15 bits per heavy atom. The molecule has 0 unspecified atom stereocenters. The summed E-state index contributed by atoms with van der Waals surface area (Å²) in [6.07, 6.45) is 0. The first-order valence-corrected chi connectivity index (χ1v) is 8.14. The van der Waals surface area contributed by atoms with E-state index in [2.05, 4.69) is 31.1 Å². The number of aromatic carboxylic acids is 1. The van der Waals surface area contributed by atoms with Gasteiger partial charge in [0, 0.05) is 15.7 Å². The van der Waals surface area contributed by atoms with Crippen molar-refractivity contribution in [2.24, 2.45) is 0 Å². The average molecular weight is 307 g/mol. The van der Waals surface area contributed by atoms with Crippen LogP contribution in [-0.2, 0) is 11.2 Å². The topological polar surface area (TPSA) is 50.2 Å². The smallest absolute Gasteiger partial charge is 0.335 e. The van der Waals surface area contributed by atoms with Gasteiger partial charge in [-0.2, -0.15) is 0 Å². The Kier molecular flexibility index (Phi) is 4.50. The molecule has 0 atom stereocenters. The first-order valence-electron chi connectivity index (χ1n) is 6.27. The number of hydrogen-bond donors (Lipinski definition) is 1. The summed E-state index contributed by atoms with van der Waals surface area (Å²) in [5.41, 5.74) is 1.50. The van der Waals surface area contributed by atoms with E-state index in [1.54, 1.807) is 41.3 Å². The van der Waals surface area contributed by atoms with Crippen molar-refractivity contribution in [3.63, 3.8) is 0 Å². The van der Waals surface area contributed by atoms with E-state index >= 15 is 0 Å². The number of carboxylic acid groups (broad SMARTS) is 1. The van der Waals surface area contributed by atoms with E-state index in [4.69, 9.17) is 5.11 Å². The van der Waals surface area contributed by atoms with Crippen LogP contribution in [0.2, 0.25) is 0 Å². The highest BCUT2D eigenvalue weighted by atomic mass is 32.2. The van der Waals surface area contributed by atoms with Gasteiger partial charge >= 0.3 is 5.97 Å². The molecule has 0 aliphatic carbocycles. The van der Waals surface area contributed by atoms with Crippen molar-refractivity contribution in [3.8, 4) is 0 Å². The number of thioether (sulfide) groups is 1. The van der Waals surface area contributed by atoms with Crippen LogP contribution in [0.15, 0.2) is 34.5 Å². The van der Waals surface area contributed by atoms with E-state index in [1.165, 1.54) is 0 Å². The van der Waals surface area contributed by atoms with E-state index in [0.29, 0.717) is 5.56 Å². The third-order valence-corrected chi connectivity index (χ3v) is 4.80. The summed E-state index contributed by atoms with van der Waals surface area (Å²) in [6.45, 7) is 6.44. The van der Waals surface area contributed by atoms with Crippen LogP contribution < -0.4 is 0 Å². The normalized spacial score (nSPS) is 11.6. The molecule has 0 amide bonds. The van der Waals surface area contributed by atoms with Crippen molar-refractivity contribution in [2.75, 3.05) is 0 Å². The molecule has 0 saturated heterocycles. The van der Waals surface area contributed by atoms with Gasteiger partial charge in [0.2, 0.25) is 0 Å². The number of aromatic nitrogens is 1. The predicted molar refractivity (Wildman–Crippen MR) is 83.8 cm³/mol. The van der Waals surface area contributed by atoms with Crippen LogP contribution in [0.3, 0.4) is 0 Å². The number of thiazole rings is 1. The van der Waals surface area contributed by atoms with Crippen molar-refractivity contribution >= 4 is 29.1 Å². The SMILES string of the molecule is CC(C)(C)c1csc(CSc2cccc(C(=O)O)c2)n1. The van der Waals surface area contributed by atoms with Crippen molar-refractivity contribution in [1.82, 2.24) is 4.98 Å². The first kappa shape index (κ1) is 15.1. The molecule has 0 radical (unpaired) electrons. The minimum atomic E-state index is -0.892. The summed E-state index contributed by atoms with van der Waals surface area (Å²) in [4.78, 5) is 16.5. The molecule has 0 spiro atoms. The zero-order valence-corrected chi connectivity index (χ0v) is 13.3. The summed E-state index contributed by atoms with van der Waals surface area (Å²) in [7, 11) is 0. The summed E-state index contributed by atoms with van der Waals surface area (Å²) in [5.74, 6) is -0.124. The Hall–Kier alpha value is -1.33. The molecule has 5 heteroatoms. The van der Waals surface area contributed by atoms with Gasteiger partial charge in [-0.3, -0.25) is 0 Å². The van der Waals surface area contributed by atoms with E-state index < -0.39 is 5.97 Å². The molecule has 2 rings (SSSR count). The lowest BCUT2D eigenvalue weighted by Gasteiger charge is -2.14. The molecule has 3 nitrogen and oxygen atoms in total. The van der Waals surface area contributed by atoms with Gasteiger partial charge in [-0.25, -0.2) is 9.78 Å². The standard InChI is InChI=1S/C15H17NO2S2/c1-15(2,3)12-8-20-13(16-12)9-19-11-6-4-5-10(7-11)14(17)18/h4-8H,9H2,1-3H3,(H,17,18). The van der Waals surface area contributed by atoms with Gasteiger partial charge in [0.1, 0.15) is 5.01 Å². The van der Waals surface area contributed by atoms with E-state index in [0.717, 1.165) is 21.3 Å². The molecule has 0 aliphatic rings. The molecular weight excluding hydrogens is 290 g/mol. The lowest BCUT2D eigenvalue weighted by molar-refractivity contribution is 0.0696. The minimum Gasteiger partial charge on any atom is -0.478 e. The lowest BCUT2D eigenvalue weighted by atomic mass is 9.93. The number of rotatable bonds is 4. The van der Waals surface area contributed by atoms with Crippen molar-refractivity contribution < 1.29 is 9.90 Å². The maximum atomic E-state index is 10.9. The van der Waals surface area contributed by atoms with Crippen LogP contribution in [0.1, 0.15) is 41.8 Å². The highest BCUT2D eigenvalue weighted by Crippen LogP contribution is 2.28. The first-order chi connectivity index (χ1) is 9.36. The number of carboxylic acids is 1. The summed E-state index contributed by atoms with van der Waals surface area (Å²) in [6, 6.07) is 7.00. The molecule has 20 heavy (non-hydrogen) atoms. The van der Waals surface area contributed by atoms with Gasteiger partial charge < -0.3 is 5.11 Å². The molecule has 0 fully saturated rings. The molecule has 0 bridgehead atoms. The average Bonchev–Trinajstić information content (AvgIpc) is 2.85. The largest absolute Gasteiger partial charge is 0.478 e. The fraction of sp³-hybridized carbons (Fsp3) is 0.333. The number of carbonyl (C=O) groups is 1. The fourth-order valence-electron chi connectivity index (χ4n) is 1.59. The Morgan fingerprint density at radius 1 is 1.40 bits per heavy atom. The zero-order valence-electron chi connectivity index (χ0n) is 11.7. The molecule has 1 N–H and O–H groups in total. The van der Waals surface area contributed by atoms with Crippen LogP contribution in [0, 0.1) is 0 Å². The monoisotopic (exact) mass is 307 g/mol. The number of hydrogen-bond acceptors (Lipinski definition) is 4. The Labute approximate surface area is 127 Å². The molecule has 0 saturated carbocycles. The van der Waals surface area contributed by atoms with Crippen LogP contribution in [0.4, 0.5) is 0 Å². The molecule has 106 valence electrons. The van der Waals surface area contributed by atoms with Gasteiger partial charge in [-0.1, -0.05) is 26.8 Å². The third-order valence-electron chi connectivity index (χ3n) is 2.76. The zero-order chi connectivity index (χ0) is 14.8. The highest BCUT2D eigenvalue weighted by Gasteiger charge is 2.17. The maximum Gasteiger partial charge on any atom is 0.335 e. The second kappa shape index (κ2) is 5.97. The Bertz CT molecular complexity index is 614. The van der Waals surface area contributed by atoms with Crippen LogP contribution in [0.25, 0.3) is 0 Å². The molecule has 1 aromatic carbocycles. The lowest BCUT2D eigenvalue weighted by Crippen LogP contribution is -2.11. The van der Waals surface area contributed by atoms with Gasteiger partial charge in [0.05, 0.1) is 17.0 Å². The van der Waals surface area contributed by atoms with E-state index in [-0.39, 0.29) is 5.41 Å². The van der Waals surface area contributed by atoms with E-state index in [9.17, 15) is 4.79 Å². The van der Waals surface area contributed by atoms with Crippen LogP contribution >= 0.6 is 23.1 Å². The molecule has 2 aromatic rings.